The second kappa shape index (κ2) is 7.99. The molecule has 132 valence electrons. The summed E-state index contributed by atoms with van der Waals surface area (Å²) in [4.78, 5) is 14.0. The maximum Gasteiger partial charge on any atom is 0.261 e. The summed E-state index contributed by atoms with van der Waals surface area (Å²) in [5, 5.41) is 9.25. The van der Waals surface area contributed by atoms with Crippen molar-refractivity contribution in [1.82, 2.24) is 15.1 Å². The highest BCUT2D eigenvalue weighted by Gasteiger charge is 2.16. The van der Waals surface area contributed by atoms with Gasteiger partial charge >= 0.3 is 0 Å². The molecule has 7 heteroatoms. The van der Waals surface area contributed by atoms with E-state index in [4.69, 9.17) is 16.3 Å². The van der Waals surface area contributed by atoms with Crippen LogP contribution >= 0.6 is 22.9 Å². The molecule has 2 aromatic heterocycles. The molecule has 1 N–H and O–H groups in total. The number of aromatic nitrogens is 2. The summed E-state index contributed by atoms with van der Waals surface area (Å²) in [7, 11) is 1.65. The predicted octanol–water partition coefficient (Wildman–Crippen LogP) is 3.87. The number of thiophene rings is 1. The lowest BCUT2D eigenvalue weighted by Gasteiger charge is -2.05. The van der Waals surface area contributed by atoms with Gasteiger partial charge in [0.1, 0.15) is 4.83 Å². The number of halogens is 1. The van der Waals surface area contributed by atoms with Gasteiger partial charge in [-0.2, -0.15) is 5.10 Å². The third kappa shape index (κ3) is 4.03. The Labute approximate surface area is 155 Å². The van der Waals surface area contributed by atoms with E-state index in [1.165, 1.54) is 11.3 Å². The van der Waals surface area contributed by atoms with Crippen LogP contribution in [-0.4, -0.2) is 35.9 Å². The third-order valence-corrected chi connectivity index (χ3v) is 5.44. The molecule has 0 aliphatic heterocycles. The number of nitrogens with one attached hydrogen (secondary N) is 1. The fraction of sp³-hybridized carbons (Fsp3) is 0.333. The maximum atomic E-state index is 12.3. The van der Waals surface area contributed by atoms with Crippen molar-refractivity contribution in [3.05, 3.63) is 51.5 Å². The predicted molar refractivity (Wildman–Crippen MR) is 102 cm³/mol. The summed E-state index contributed by atoms with van der Waals surface area (Å²) < 4.78 is 6.91. The number of aryl methyl sites for hydroxylation is 1. The van der Waals surface area contributed by atoms with E-state index in [9.17, 15) is 4.79 Å². The fourth-order valence-electron chi connectivity index (χ4n) is 2.63. The van der Waals surface area contributed by atoms with E-state index in [1.54, 1.807) is 7.11 Å². The number of hydrogen-bond acceptors (Lipinski definition) is 4. The topological polar surface area (TPSA) is 56.1 Å². The van der Waals surface area contributed by atoms with Crippen molar-refractivity contribution in [3.8, 4) is 0 Å². The Morgan fingerprint density at radius 1 is 1.40 bits per heavy atom. The molecule has 2 heterocycles. The zero-order valence-electron chi connectivity index (χ0n) is 14.2. The van der Waals surface area contributed by atoms with Crippen LogP contribution in [-0.2, 0) is 11.3 Å². The second-order valence-electron chi connectivity index (χ2n) is 5.77. The third-order valence-electron chi connectivity index (χ3n) is 3.92. The van der Waals surface area contributed by atoms with Gasteiger partial charge in [-0.1, -0.05) is 29.8 Å². The van der Waals surface area contributed by atoms with Gasteiger partial charge in [-0.25, -0.2) is 0 Å². The van der Waals surface area contributed by atoms with Gasteiger partial charge in [-0.05, 0) is 31.0 Å². The highest BCUT2D eigenvalue weighted by molar-refractivity contribution is 7.20. The lowest BCUT2D eigenvalue weighted by atomic mass is 10.2. The van der Waals surface area contributed by atoms with Crippen LogP contribution in [0.15, 0.2) is 30.3 Å². The number of methoxy groups -OCH3 is 1. The van der Waals surface area contributed by atoms with E-state index in [0.29, 0.717) is 24.6 Å². The van der Waals surface area contributed by atoms with E-state index < -0.39 is 0 Å². The van der Waals surface area contributed by atoms with Gasteiger partial charge in [0.2, 0.25) is 0 Å². The van der Waals surface area contributed by atoms with Gasteiger partial charge in [-0.3, -0.25) is 9.48 Å². The first kappa shape index (κ1) is 17.9. The van der Waals surface area contributed by atoms with Crippen LogP contribution in [0.25, 0.3) is 10.2 Å². The molecule has 0 fully saturated rings. The van der Waals surface area contributed by atoms with Crippen molar-refractivity contribution in [1.29, 1.82) is 0 Å². The first-order valence-corrected chi connectivity index (χ1v) is 9.27. The zero-order chi connectivity index (χ0) is 17.8. The van der Waals surface area contributed by atoms with Crippen LogP contribution in [0.1, 0.15) is 27.3 Å². The highest BCUT2D eigenvalue weighted by Crippen LogP contribution is 2.29. The van der Waals surface area contributed by atoms with E-state index >= 15 is 0 Å². The summed E-state index contributed by atoms with van der Waals surface area (Å²) in [5.74, 6) is -0.0546. The smallest absolute Gasteiger partial charge is 0.261 e. The fourth-order valence-corrected chi connectivity index (χ4v) is 3.90. The highest BCUT2D eigenvalue weighted by atomic mass is 35.5. The Morgan fingerprint density at radius 3 is 2.96 bits per heavy atom. The molecule has 3 rings (SSSR count). The average Bonchev–Trinajstić information content (AvgIpc) is 3.15. The Morgan fingerprint density at radius 2 is 2.20 bits per heavy atom. The summed E-state index contributed by atoms with van der Waals surface area (Å²) in [6.07, 6.45) is 0.798. The molecule has 0 aliphatic carbocycles. The number of benzene rings is 1. The van der Waals surface area contributed by atoms with Crippen molar-refractivity contribution in [3.63, 3.8) is 0 Å². The van der Waals surface area contributed by atoms with Gasteiger partial charge in [0.05, 0.1) is 17.1 Å². The summed E-state index contributed by atoms with van der Waals surface area (Å²) in [5.41, 5.74) is 1.92. The minimum absolute atomic E-state index is 0.0546. The summed E-state index contributed by atoms with van der Waals surface area (Å²) in [6, 6.07) is 9.64. The van der Waals surface area contributed by atoms with Crippen molar-refractivity contribution >= 4 is 39.1 Å². The SMILES string of the molecule is COCCCNC(=O)c1cc2c(C)nn(Cc3ccccc3Cl)c2s1. The Bertz CT molecular complexity index is 888. The van der Waals surface area contributed by atoms with Crippen LogP contribution in [0.3, 0.4) is 0 Å². The molecule has 0 saturated heterocycles. The molecular weight excluding hydrogens is 358 g/mol. The number of rotatable bonds is 7. The molecular formula is C18H20ClN3O2S. The minimum atomic E-state index is -0.0546. The van der Waals surface area contributed by atoms with Crippen LogP contribution < -0.4 is 5.32 Å². The molecule has 0 unspecified atom stereocenters. The Balaban J connectivity index is 1.81. The number of amides is 1. The van der Waals surface area contributed by atoms with Gasteiger partial charge < -0.3 is 10.1 Å². The van der Waals surface area contributed by atoms with Crippen molar-refractivity contribution in [2.75, 3.05) is 20.3 Å². The summed E-state index contributed by atoms with van der Waals surface area (Å²) in [6.45, 7) is 3.78. The number of carbonyl (C=O) groups excluding carboxylic acids is 1. The molecule has 1 aromatic carbocycles. The molecule has 5 nitrogen and oxygen atoms in total. The Kier molecular flexibility index (Phi) is 5.73. The van der Waals surface area contributed by atoms with Crippen LogP contribution in [0, 0.1) is 6.92 Å². The maximum absolute atomic E-state index is 12.3. The Hall–Kier alpha value is -1.89. The lowest BCUT2D eigenvalue weighted by molar-refractivity contribution is 0.0952. The molecule has 1 amide bonds. The van der Waals surface area contributed by atoms with Crippen molar-refractivity contribution in [2.24, 2.45) is 0 Å². The first-order chi connectivity index (χ1) is 12.1. The number of ether oxygens (including phenoxy) is 1. The molecule has 0 radical (unpaired) electrons. The van der Waals surface area contributed by atoms with E-state index in [-0.39, 0.29) is 5.91 Å². The molecule has 0 aliphatic rings. The second-order valence-corrected chi connectivity index (χ2v) is 7.20. The van der Waals surface area contributed by atoms with E-state index in [1.807, 2.05) is 41.9 Å². The number of nitrogens with zero attached hydrogens (tertiary/aromatic N) is 2. The normalized spacial score (nSPS) is 11.2. The van der Waals surface area contributed by atoms with Crippen LogP contribution in [0.5, 0.6) is 0 Å². The quantitative estimate of drug-likeness (QED) is 0.636. The van der Waals surface area contributed by atoms with Gasteiger partial charge in [0, 0.05) is 30.7 Å². The first-order valence-electron chi connectivity index (χ1n) is 8.07. The molecule has 0 spiro atoms. The number of hydrogen-bond donors (Lipinski definition) is 1. The van der Waals surface area contributed by atoms with Crippen LogP contribution in [0.2, 0.25) is 5.02 Å². The molecule has 0 saturated carbocycles. The average molecular weight is 378 g/mol. The minimum Gasteiger partial charge on any atom is -0.385 e. The largest absolute Gasteiger partial charge is 0.385 e. The van der Waals surface area contributed by atoms with E-state index in [0.717, 1.165) is 32.9 Å². The van der Waals surface area contributed by atoms with Crippen molar-refractivity contribution in [2.45, 2.75) is 19.9 Å². The van der Waals surface area contributed by atoms with Crippen LogP contribution in [0.4, 0.5) is 0 Å². The monoisotopic (exact) mass is 377 g/mol. The molecule has 3 aromatic rings. The van der Waals surface area contributed by atoms with E-state index in [2.05, 4.69) is 10.4 Å². The zero-order valence-corrected chi connectivity index (χ0v) is 15.8. The molecule has 0 atom stereocenters. The standard InChI is InChI=1S/C18H20ClN3O2S/c1-12-14-10-16(17(23)20-8-5-9-24-2)25-18(14)22(21-12)11-13-6-3-4-7-15(13)19/h3-4,6-7,10H,5,8-9,11H2,1-2H3,(H,20,23). The molecule has 0 bridgehead atoms. The van der Waals surface area contributed by atoms with Gasteiger partial charge in [0.25, 0.3) is 5.91 Å². The van der Waals surface area contributed by atoms with Crippen molar-refractivity contribution < 1.29 is 9.53 Å². The number of fused-ring (bicyclic) bond motifs is 1. The van der Waals surface area contributed by atoms with Gasteiger partial charge in [-0.15, -0.1) is 11.3 Å². The van der Waals surface area contributed by atoms with Gasteiger partial charge in [0.15, 0.2) is 0 Å². The molecule has 25 heavy (non-hydrogen) atoms. The summed E-state index contributed by atoms with van der Waals surface area (Å²) >= 11 is 7.71. The lowest BCUT2D eigenvalue weighted by Crippen LogP contribution is -2.24. The number of carbonyl (C=O) groups is 1.